The van der Waals surface area contributed by atoms with Gasteiger partial charge in [-0.1, -0.05) is 12.8 Å². The Morgan fingerprint density at radius 2 is 1.72 bits per heavy atom. The predicted octanol–water partition coefficient (Wildman–Crippen LogP) is -1.34. The van der Waals surface area contributed by atoms with E-state index in [0.717, 1.165) is 25.9 Å². The Balaban J connectivity index is 1.93. The van der Waals surface area contributed by atoms with Crippen LogP contribution in [0, 0.1) is 0 Å². The third-order valence-electron chi connectivity index (χ3n) is 3.89. The number of rotatable bonds is 3. The lowest BCUT2D eigenvalue weighted by Gasteiger charge is -2.26. The van der Waals surface area contributed by atoms with E-state index >= 15 is 0 Å². The monoisotopic (exact) mass is 261 g/mol. The van der Waals surface area contributed by atoms with E-state index in [1.165, 1.54) is 12.8 Å². The molecule has 2 rings (SSSR count). The molecule has 2 saturated heterocycles. The third kappa shape index (κ3) is 2.84. The molecule has 6 nitrogen and oxygen atoms in total. The summed E-state index contributed by atoms with van der Waals surface area (Å²) in [6.45, 7) is 1.64. The van der Waals surface area contributed by atoms with E-state index in [1.807, 2.05) is 0 Å². The molecular formula is C12H23NO5. The number of aliphatic hydroxyl groups is 4. The zero-order valence-corrected chi connectivity index (χ0v) is 10.5. The maximum absolute atomic E-state index is 9.85. The summed E-state index contributed by atoms with van der Waals surface area (Å²) in [5.41, 5.74) is 0. The Hall–Kier alpha value is -0.240. The molecule has 2 aliphatic heterocycles. The Bertz CT molecular complexity index is 269. The third-order valence-corrected chi connectivity index (χ3v) is 3.89. The maximum Gasteiger partial charge on any atom is 0.219 e. The van der Waals surface area contributed by atoms with Crippen LogP contribution in [-0.4, -0.2) is 75.7 Å². The average Bonchev–Trinajstić information content (AvgIpc) is 2.59. The molecule has 0 aliphatic carbocycles. The molecular weight excluding hydrogens is 238 g/mol. The molecule has 4 N–H and O–H groups in total. The normalized spacial score (nSPS) is 43.0. The zero-order valence-electron chi connectivity index (χ0n) is 10.5. The van der Waals surface area contributed by atoms with Gasteiger partial charge in [-0.2, -0.15) is 0 Å². The van der Waals surface area contributed by atoms with E-state index in [2.05, 4.69) is 4.90 Å². The molecule has 2 heterocycles. The Labute approximate surface area is 107 Å². The minimum absolute atomic E-state index is 0.473. The van der Waals surface area contributed by atoms with Gasteiger partial charge in [0, 0.05) is 6.54 Å². The van der Waals surface area contributed by atoms with E-state index < -0.39 is 30.7 Å². The molecule has 0 aromatic rings. The quantitative estimate of drug-likeness (QED) is 0.503. The van der Waals surface area contributed by atoms with E-state index in [0.29, 0.717) is 6.54 Å². The van der Waals surface area contributed by atoms with Crippen LogP contribution in [0.5, 0.6) is 0 Å². The fourth-order valence-corrected chi connectivity index (χ4v) is 2.72. The number of hydrogen-bond acceptors (Lipinski definition) is 6. The molecule has 0 bridgehead atoms. The molecule has 0 amide bonds. The predicted molar refractivity (Wildman–Crippen MR) is 63.8 cm³/mol. The van der Waals surface area contributed by atoms with Crippen LogP contribution in [0.15, 0.2) is 0 Å². The topological polar surface area (TPSA) is 93.4 Å². The van der Waals surface area contributed by atoms with E-state index in [1.54, 1.807) is 0 Å². The van der Waals surface area contributed by atoms with Crippen molar-refractivity contribution in [1.29, 1.82) is 0 Å². The first-order valence-corrected chi connectivity index (χ1v) is 6.66. The highest BCUT2D eigenvalue weighted by molar-refractivity contribution is 4.96. The summed E-state index contributed by atoms with van der Waals surface area (Å²) >= 11 is 0. The summed E-state index contributed by atoms with van der Waals surface area (Å²) in [6, 6.07) is 0. The molecule has 106 valence electrons. The van der Waals surface area contributed by atoms with Crippen LogP contribution in [0.2, 0.25) is 0 Å². The number of aliphatic hydroxyl groups excluding tert-OH is 3. The highest BCUT2D eigenvalue weighted by Gasteiger charge is 2.53. The molecule has 0 unspecified atom stereocenters. The van der Waals surface area contributed by atoms with Crippen molar-refractivity contribution < 1.29 is 25.2 Å². The standard InChI is InChI=1S/C12H23NO5/c14-8-12(17)11(16)10(15)9(18-12)7-13-5-3-1-2-4-6-13/h9-11,14-17H,1-8H2/t9-,10+,11-,12+/m0/s1. The summed E-state index contributed by atoms with van der Waals surface area (Å²) in [5, 5.41) is 38.3. The zero-order chi connectivity index (χ0) is 13.2. The smallest absolute Gasteiger partial charge is 0.219 e. The second kappa shape index (κ2) is 5.81. The number of likely N-dealkylation sites (tertiary alicyclic amines) is 1. The van der Waals surface area contributed by atoms with Gasteiger partial charge in [0.25, 0.3) is 0 Å². The van der Waals surface area contributed by atoms with Gasteiger partial charge in [0.1, 0.15) is 18.3 Å². The summed E-state index contributed by atoms with van der Waals surface area (Å²) in [7, 11) is 0. The van der Waals surface area contributed by atoms with Crippen LogP contribution in [-0.2, 0) is 4.74 Å². The minimum Gasteiger partial charge on any atom is -0.391 e. The second-order valence-electron chi connectivity index (χ2n) is 5.31. The van der Waals surface area contributed by atoms with Crippen molar-refractivity contribution in [1.82, 2.24) is 4.90 Å². The van der Waals surface area contributed by atoms with E-state index in [9.17, 15) is 15.3 Å². The largest absolute Gasteiger partial charge is 0.391 e. The Kier molecular flexibility index (Phi) is 4.58. The molecule has 2 aliphatic rings. The molecule has 0 radical (unpaired) electrons. The molecule has 2 fully saturated rings. The van der Waals surface area contributed by atoms with Crippen molar-refractivity contribution in [3.8, 4) is 0 Å². The van der Waals surface area contributed by atoms with Crippen LogP contribution in [0.3, 0.4) is 0 Å². The van der Waals surface area contributed by atoms with E-state index in [-0.39, 0.29) is 0 Å². The van der Waals surface area contributed by atoms with Crippen LogP contribution in [0.25, 0.3) is 0 Å². The van der Waals surface area contributed by atoms with Crippen LogP contribution in [0.4, 0.5) is 0 Å². The molecule has 0 spiro atoms. The van der Waals surface area contributed by atoms with Crippen molar-refractivity contribution in [2.45, 2.75) is 49.8 Å². The van der Waals surface area contributed by atoms with Gasteiger partial charge in [0.2, 0.25) is 5.79 Å². The summed E-state index contributed by atoms with van der Waals surface area (Å²) < 4.78 is 5.23. The molecule has 18 heavy (non-hydrogen) atoms. The highest BCUT2D eigenvalue weighted by atomic mass is 16.7. The first-order chi connectivity index (χ1) is 8.57. The molecule has 6 heteroatoms. The van der Waals surface area contributed by atoms with Crippen molar-refractivity contribution in [2.24, 2.45) is 0 Å². The number of ether oxygens (including phenoxy) is 1. The van der Waals surface area contributed by atoms with Crippen LogP contribution in [0.1, 0.15) is 25.7 Å². The SMILES string of the molecule is OC[C@@]1(O)O[C@@H](CN2CCCCCC2)[C@@H](O)[C@@H]1O. The van der Waals surface area contributed by atoms with Gasteiger partial charge in [0.05, 0.1) is 6.61 Å². The van der Waals surface area contributed by atoms with Crippen molar-refractivity contribution in [2.75, 3.05) is 26.2 Å². The lowest BCUT2D eigenvalue weighted by molar-refractivity contribution is -0.246. The van der Waals surface area contributed by atoms with Gasteiger partial charge < -0.3 is 30.1 Å². The highest BCUT2D eigenvalue weighted by Crippen LogP contribution is 2.29. The maximum atomic E-state index is 9.85. The Morgan fingerprint density at radius 1 is 1.11 bits per heavy atom. The fourth-order valence-electron chi connectivity index (χ4n) is 2.72. The van der Waals surface area contributed by atoms with E-state index in [4.69, 9.17) is 9.84 Å². The number of hydrogen-bond donors (Lipinski definition) is 4. The second-order valence-corrected chi connectivity index (χ2v) is 5.31. The Morgan fingerprint density at radius 3 is 2.22 bits per heavy atom. The first-order valence-electron chi connectivity index (χ1n) is 6.66. The minimum atomic E-state index is -2.03. The van der Waals surface area contributed by atoms with Crippen molar-refractivity contribution >= 4 is 0 Å². The van der Waals surface area contributed by atoms with Crippen LogP contribution < -0.4 is 0 Å². The van der Waals surface area contributed by atoms with Gasteiger partial charge in [-0.05, 0) is 25.9 Å². The van der Waals surface area contributed by atoms with Crippen LogP contribution >= 0.6 is 0 Å². The van der Waals surface area contributed by atoms with Gasteiger partial charge in [0.15, 0.2) is 0 Å². The molecule has 0 saturated carbocycles. The van der Waals surface area contributed by atoms with Gasteiger partial charge in [-0.15, -0.1) is 0 Å². The van der Waals surface area contributed by atoms with Gasteiger partial charge >= 0.3 is 0 Å². The average molecular weight is 261 g/mol. The lowest BCUT2D eigenvalue weighted by Crippen LogP contribution is -2.46. The fraction of sp³-hybridized carbons (Fsp3) is 1.00. The summed E-state index contributed by atoms with van der Waals surface area (Å²) in [5.74, 6) is -2.03. The van der Waals surface area contributed by atoms with Gasteiger partial charge in [-0.25, -0.2) is 0 Å². The first kappa shape index (κ1) is 14.2. The van der Waals surface area contributed by atoms with Crippen molar-refractivity contribution in [3.05, 3.63) is 0 Å². The number of nitrogens with zero attached hydrogens (tertiary/aromatic N) is 1. The van der Waals surface area contributed by atoms with Gasteiger partial charge in [-0.3, -0.25) is 0 Å². The van der Waals surface area contributed by atoms with Crippen molar-refractivity contribution in [3.63, 3.8) is 0 Å². The summed E-state index contributed by atoms with van der Waals surface area (Å²) in [4.78, 5) is 2.18. The molecule has 0 aromatic carbocycles. The lowest BCUT2D eigenvalue weighted by atomic mass is 10.1. The summed E-state index contributed by atoms with van der Waals surface area (Å²) in [6.07, 6.45) is 1.40. The molecule has 0 aromatic heterocycles. The molecule has 4 atom stereocenters.